The molecule has 0 aliphatic heterocycles. The first-order valence-corrected chi connectivity index (χ1v) is 23.8. The molecule has 2 nitrogen and oxygen atoms in total. The van der Waals surface area contributed by atoms with E-state index in [4.69, 9.17) is 4.42 Å². The van der Waals surface area contributed by atoms with Crippen LogP contribution in [0.3, 0.4) is 0 Å². The maximum absolute atomic E-state index is 6.43. The first-order chi connectivity index (χ1) is 33.2. The minimum Gasteiger partial charge on any atom is -0.455 e. The first-order valence-electron chi connectivity index (χ1n) is 23.8. The summed E-state index contributed by atoms with van der Waals surface area (Å²) in [4.78, 5) is 2.34. The van der Waals surface area contributed by atoms with Crippen molar-refractivity contribution in [2.75, 3.05) is 4.90 Å². The SMILES string of the molecule is CC1(C)c2ccccc2-c2cc3c(cc21)-c1c(-c2ccc(-c4ccc(N(c5ccc(-c6ccccc6)cc5)c5ccc(-c6cccc7c6oc6ccccc67)cc5)cc4)cc2)cccc1C3(C)C. The molecule has 13 rings (SSSR count). The minimum atomic E-state index is -0.108. The zero-order valence-electron chi connectivity index (χ0n) is 38.7. The maximum Gasteiger partial charge on any atom is 0.143 e. The highest BCUT2D eigenvalue weighted by atomic mass is 16.3. The summed E-state index contributed by atoms with van der Waals surface area (Å²) in [5.41, 5.74) is 25.6. The van der Waals surface area contributed by atoms with E-state index in [1.165, 1.54) is 77.9 Å². The molecule has 0 atom stereocenters. The summed E-state index contributed by atoms with van der Waals surface area (Å²) >= 11 is 0. The van der Waals surface area contributed by atoms with Crippen LogP contribution in [-0.4, -0.2) is 0 Å². The predicted molar refractivity (Wildman–Crippen MR) is 285 cm³/mol. The van der Waals surface area contributed by atoms with Gasteiger partial charge in [0.05, 0.1) is 0 Å². The van der Waals surface area contributed by atoms with E-state index in [1.807, 2.05) is 12.1 Å². The fourth-order valence-corrected chi connectivity index (χ4v) is 11.5. The summed E-state index contributed by atoms with van der Waals surface area (Å²) in [6, 6.07) is 82.2. The second-order valence-electron chi connectivity index (χ2n) is 19.7. The molecule has 0 bridgehead atoms. The van der Waals surface area contributed by atoms with Crippen molar-refractivity contribution >= 4 is 39.0 Å². The monoisotopic (exact) mass is 871 g/mol. The Morgan fingerprint density at radius 1 is 0.309 bits per heavy atom. The summed E-state index contributed by atoms with van der Waals surface area (Å²) in [5.74, 6) is 0. The molecule has 2 heteroatoms. The largest absolute Gasteiger partial charge is 0.455 e. The van der Waals surface area contributed by atoms with Crippen molar-refractivity contribution in [1.29, 1.82) is 0 Å². The normalized spacial score (nSPS) is 13.8. The number of nitrogens with zero attached hydrogens (tertiary/aromatic N) is 1. The van der Waals surface area contributed by atoms with Gasteiger partial charge in [-0.05, 0) is 138 Å². The Kier molecular flexibility index (Phi) is 8.95. The number of fused-ring (bicyclic) bond motifs is 9. The molecule has 10 aromatic carbocycles. The van der Waals surface area contributed by atoms with Crippen molar-refractivity contribution in [3.63, 3.8) is 0 Å². The van der Waals surface area contributed by atoms with E-state index in [-0.39, 0.29) is 10.8 Å². The zero-order valence-corrected chi connectivity index (χ0v) is 38.7. The average Bonchev–Trinajstić information content (AvgIpc) is 3.96. The number of benzene rings is 10. The van der Waals surface area contributed by atoms with Crippen LogP contribution in [0.2, 0.25) is 0 Å². The fraction of sp³-hybridized carbons (Fsp3) is 0.0909. The highest BCUT2D eigenvalue weighted by Gasteiger charge is 2.42. The number of anilines is 3. The molecule has 11 aromatic rings. The molecule has 0 unspecified atom stereocenters. The van der Waals surface area contributed by atoms with Gasteiger partial charge >= 0.3 is 0 Å². The topological polar surface area (TPSA) is 16.4 Å². The third kappa shape index (κ3) is 6.17. The summed E-state index contributed by atoms with van der Waals surface area (Å²) < 4.78 is 6.43. The van der Waals surface area contributed by atoms with Crippen molar-refractivity contribution in [2.45, 2.75) is 38.5 Å². The molecular weight excluding hydrogens is 823 g/mol. The second-order valence-corrected chi connectivity index (χ2v) is 19.7. The number of furan rings is 1. The van der Waals surface area contributed by atoms with Crippen molar-refractivity contribution < 1.29 is 4.42 Å². The van der Waals surface area contributed by atoms with Crippen LogP contribution < -0.4 is 4.90 Å². The quantitative estimate of drug-likeness (QED) is 0.159. The summed E-state index contributed by atoms with van der Waals surface area (Å²) in [6.45, 7) is 9.55. The van der Waals surface area contributed by atoms with Gasteiger partial charge in [0, 0.05) is 44.2 Å². The van der Waals surface area contributed by atoms with Crippen molar-refractivity contribution in [2.24, 2.45) is 0 Å². The van der Waals surface area contributed by atoms with E-state index in [1.54, 1.807) is 0 Å². The zero-order chi connectivity index (χ0) is 45.7. The molecule has 0 amide bonds. The smallest absolute Gasteiger partial charge is 0.143 e. The number of hydrogen-bond acceptors (Lipinski definition) is 2. The summed E-state index contributed by atoms with van der Waals surface area (Å²) in [5, 5.41) is 2.27. The van der Waals surface area contributed by atoms with Crippen LogP contribution in [0, 0.1) is 0 Å². The summed E-state index contributed by atoms with van der Waals surface area (Å²) in [6.07, 6.45) is 0. The van der Waals surface area contributed by atoms with E-state index >= 15 is 0 Å². The Bertz CT molecular complexity index is 3740. The lowest BCUT2D eigenvalue weighted by Crippen LogP contribution is -2.16. The van der Waals surface area contributed by atoms with Crippen molar-refractivity contribution in [1.82, 2.24) is 0 Å². The minimum absolute atomic E-state index is 0.0544. The van der Waals surface area contributed by atoms with E-state index in [9.17, 15) is 0 Å². The van der Waals surface area contributed by atoms with Gasteiger partial charge in [-0.2, -0.15) is 0 Å². The van der Waals surface area contributed by atoms with Crippen LogP contribution in [0.25, 0.3) is 88.7 Å². The molecule has 0 spiro atoms. The highest BCUT2D eigenvalue weighted by Crippen LogP contribution is 2.57. The molecule has 2 aliphatic rings. The molecule has 68 heavy (non-hydrogen) atoms. The summed E-state index contributed by atoms with van der Waals surface area (Å²) in [7, 11) is 0. The van der Waals surface area contributed by atoms with Gasteiger partial charge in [-0.15, -0.1) is 0 Å². The Hall–Kier alpha value is -8.20. The van der Waals surface area contributed by atoms with Gasteiger partial charge in [0.15, 0.2) is 0 Å². The molecule has 0 N–H and O–H groups in total. The lowest BCUT2D eigenvalue weighted by Gasteiger charge is -2.26. The molecule has 0 saturated heterocycles. The van der Waals surface area contributed by atoms with Gasteiger partial charge in [0.25, 0.3) is 0 Å². The lowest BCUT2D eigenvalue weighted by atomic mass is 9.79. The molecule has 1 aromatic heterocycles. The van der Waals surface area contributed by atoms with Gasteiger partial charge in [-0.25, -0.2) is 0 Å². The Morgan fingerprint density at radius 2 is 0.750 bits per heavy atom. The number of para-hydroxylation sites is 2. The van der Waals surface area contributed by atoms with Crippen LogP contribution >= 0.6 is 0 Å². The van der Waals surface area contributed by atoms with Crippen LogP contribution in [0.1, 0.15) is 49.9 Å². The van der Waals surface area contributed by atoms with Gasteiger partial charge in [-0.1, -0.05) is 198 Å². The van der Waals surface area contributed by atoms with Crippen molar-refractivity contribution in [3.05, 3.63) is 247 Å². The molecule has 2 aliphatic carbocycles. The van der Waals surface area contributed by atoms with Gasteiger partial charge in [0.1, 0.15) is 11.2 Å². The van der Waals surface area contributed by atoms with Crippen LogP contribution in [0.5, 0.6) is 0 Å². The van der Waals surface area contributed by atoms with Gasteiger partial charge in [-0.3, -0.25) is 0 Å². The first kappa shape index (κ1) is 40.1. The average molecular weight is 872 g/mol. The van der Waals surface area contributed by atoms with Crippen LogP contribution in [0.15, 0.2) is 229 Å². The molecule has 0 saturated carbocycles. The number of rotatable bonds is 7. The maximum atomic E-state index is 6.43. The Morgan fingerprint density at radius 3 is 1.44 bits per heavy atom. The van der Waals surface area contributed by atoms with Gasteiger partial charge in [0.2, 0.25) is 0 Å². The third-order valence-corrected chi connectivity index (χ3v) is 15.1. The van der Waals surface area contributed by atoms with E-state index in [0.29, 0.717) is 0 Å². The van der Waals surface area contributed by atoms with Crippen LogP contribution in [-0.2, 0) is 10.8 Å². The number of hydrogen-bond donors (Lipinski definition) is 0. The van der Waals surface area contributed by atoms with E-state index < -0.39 is 0 Å². The highest BCUT2D eigenvalue weighted by molar-refractivity contribution is 6.09. The standard InChI is InChI=1S/C66H49NO/c1-65(2)58-21-10-8-16-53(58)56-40-61-57(41-60(56)65)63-51(18-13-22-59(63)66(61,3)4)46-26-24-43(25-27-46)45-30-36-49(37-31-45)67(48-34-28-44(29-35-48)42-14-6-5-7-15-42)50-38-32-47(33-39-50)52-19-12-20-55-54-17-9-11-23-62(54)68-64(52)55/h5-41H,1-4H3. The Labute approximate surface area is 398 Å². The molecule has 0 fully saturated rings. The second kappa shape index (κ2) is 15.2. The molecular formula is C66H49NO. The predicted octanol–water partition coefficient (Wildman–Crippen LogP) is 18.3. The molecule has 0 radical (unpaired) electrons. The van der Waals surface area contributed by atoms with E-state index in [2.05, 4.69) is 245 Å². The Balaban J connectivity index is 0.837. The van der Waals surface area contributed by atoms with E-state index in [0.717, 1.165) is 50.1 Å². The van der Waals surface area contributed by atoms with Gasteiger partial charge < -0.3 is 9.32 Å². The lowest BCUT2D eigenvalue weighted by molar-refractivity contribution is 0.652. The van der Waals surface area contributed by atoms with Crippen molar-refractivity contribution in [3.8, 4) is 66.8 Å². The third-order valence-electron chi connectivity index (χ3n) is 15.1. The van der Waals surface area contributed by atoms with Crippen LogP contribution in [0.4, 0.5) is 17.1 Å². The molecule has 1 heterocycles. The molecule has 324 valence electrons. The fourth-order valence-electron chi connectivity index (χ4n) is 11.5.